The van der Waals surface area contributed by atoms with Crippen LogP contribution in [0, 0.1) is 5.41 Å². The van der Waals surface area contributed by atoms with E-state index in [-0.39, 0.29) is 5.60 Å². The molecule has 1 N–H and O–H groups in total. The van der Waals surface area contributed by atoms with E-state index < -0.39 is 6.10 Å². The van der Waals surface area contributed by atoms with Gasteiger partial charge in [-0.25, -0.2) is 0 Å². The maximum Gasteiger partial charge on any atom is 0.0943 e. The van der Waals surface area contributed by atoms with E-state index in [1.165, 1.54) is 5.56 Å². The molecule has 1 aliphatic rings. The zero-order valence-electron chi connectivity index (χ0n) is 12.3. The molecule has 0 aromatic carbocycles. The third kappa shape index (κ3) is 3.59. The van der Waals surface area contributed by atoms with Crippen LogP contribution in [0.15, 0.2) is 16.8 Å². The monoisotopic (exact) mass is 282 g/mol. The van der Waals surface area contributed by atoms with Gasteiger partial charge in [0, 0.05) is 13.0 Å². The van der Waals surface area contributed by atoms with Gasteiger partial charge in [0.25, 0.3) is 0 Å². The first kappa shape index (κ1) is 15.0. The van der Waals surface area contributed by atoms with Crippen molar-refractivity contribution in [3.8, 4) is 0 Å². The van der Waals surface area contributed by atoms with Gasteiger partial charge in [-0.3, -0.25) is 0 Å². The molecule has 1 aliphatic carbocycles. The van der Waals surface area contributed by atoms with Crippen LogP contribution in [0.3, 0.4) is 0 Å². The van der Waals surface area contributed by atoms with E-state index in [1.54, 1.807) is 11.3 Å². The van der Waals surface area contributed by atoms with Crippen LogP contribution >= 0.6 is 11.3 Å². The van der Waals surface area contributed by atoms with E-state index in [1.807, 2.05) is 6.92 Å². The summed E-state index contributed by atoms with van der Waals surface area (Å²) < 4.78 is 6.03. The summed E-state index contributed by atoms with van der Waals surface area (Å²) in [6.45, 7) is 7.34. The van der Waals surface area contributed by atoms with Gasteiger partial charge in [-0.1, -0.05) is 13.8 Å². The molecule has 1 unspecified atom stereocenters. The van der Waals surface area contributed by atoms with E-state index in [9.17, 15) is 5.11 Å². The van der Waals surface area contributed by atoms with Gasteiger partial charge < -0.3 is 9.84 Å². The highest BCUT2D eigenvalue weighted by molar-refractivity contribution is 7.07. The van der Waals surface area contributed by atoms with Gasteiger partial charge in [-0.15, -0.1) is 0 Å². The Hall–Kier alpha value is -0.380. The molecule has 19 heavy (non-hydrogen) atoms. The van der Waals surface area contributed by atoms with Crippen molar-refractivity contribution >= 4 is 11.3 Å². The second-order valence-corrected chi connectivity index (χ2v) is 7.29. The summed E-state index contributed by atoms with van der Waals surface area (Å²) in [4.78, 5) is 0. The average molecular weight is 282 g/mol. The molecule has 1 aromatic rings. The Labute approximate surface area is 120 Å². The van der Waals surface area contributed by atoms with Crippen LogP contribution in [0.5, 0.6) is 0 Å². The maximum atomic E-state index is 10.7. The SMILES string of the molecule is CCOC1(C(O)Cc2ccsc2)CCC(C)(C)CC1. The fraction of sp³-hybridized carbons (Fsp3) is 0.750. The van der Waals surface area contributed by atoms with E-state index in [2.05, 4.69) is 30.7 Å². The highest BCUT2D eigenvalue weighted by Crippen LogP contribution is 2.44. The molecule has 0 saturated heterocycles. The van der Waals surface area contributed by atoms with E-state index in [4.69, 9.17) is 4.74 Å². The minimum Gasteiger partial charge on any atom is -0.390 e. The lowest BCUT2D eigenvalue weighted by atomic mass is 9.68. The van der Waals surface area contributed by atoms with Gasteiger partial charge in [-0.2, -0.15) is 11.3 Å². The highest BCUT2D eigenvalue weighted by Gasteiger charge is 2.44. The van der Waals surface area contributed by atoms with Gasteiger partial charge in [0.2, 0.25) is 0 Å². The molecule has 0 amide bonds. The Morgan fingerprint density at radius 3 is 2.53 bits per heavy atom. The molecule has 1 fully saturated rings. The summed E-state index contributed by atoms with van der Waals surface area (Å²) in [6, 6.07) is 2.10. The Kier molecular flexibility index (Phi) is 4.70. The van der Waals surface area contributed by atoms with E-state index in [0.29, 0.717) is 18.4 Å². The molecule has 0 aliphatic heterocycles. The molecule has 1 aromatic heterocycles. The Bertz CT molecular complexity index is 373. The average Bonchev–Trinajstić information content (AvgIpc) is 2.85. The summed E-state index contributed by atoms with van der Waals surface area (Å²) in [5.74, 6) is 0. The minimum absolute atomic E-state index is 0.327. The van der Waals surface area contributed by atoms with Crippen molar-refractivity contribution in [3.05, 3.63) is 22.4 Å². The van der Waals surface area contributed by atoms with Gasteiger partial charge in [0.15, 0.2) is 0 Å². The number of aliphatic hydroxyl groups is 1. The molecule has 108 valence electrons. The molecular weight excluding hydrogens is 256 g/mol. The summed E-state index contributed by atoms with van der Waals surface area (Å²) in [5, 5.41) is 14.9. The number of rotatable bonds is 5. The largest absolute Gasteiger partial charge is 0.390 e. The topological polar surface area (TPSA) is 29.5 Å². The number of aliphatic hydroxyl groups excluding tert-OH is 1. The van der Waals surface area contributed by atoms with Crippen LogP contribution in [0.25, 0.3) is 0 Å². The summed E-state index contributed by atoms with van der Waals surface area (Å²) >= 11 is 1.69. The molecule has 1 heterocycles. The second-order valence-electron chi connectivity index (χ2n) is 6.51. The molecule has 2 nitrogen and oxygen atoms in total. The standard InChI is InChI=1S/C16H26O2S/c1-4-18-16(8-6-15(2,3)7-9-16)14(17)11-13-5-10-19-12-13/h5,10,12,14,17H,4,6-9,11H2,1-3H3. The molecule has 1 saturated carbocycles. The number of ether oxygens (including phenoxy) is 1. The molecule has 3 heteroatoms. The second kappa shape index (κ2) is 5.94. The molecule has 1 atom stereocenters. The number of hydrogen-bond acceptors (Lipinski definition) is 3. The van der Waals surface area contributed by atoms with Gasteiger partial charge in [0.1, 0.15) is 0 Å². The smallest absolute Gasteiger partial charge is 0.0943 e. The third-order valence-corrected chi connectivity index (χ3v) is 5.23. The number of thiophene rings is 1. The summed E-state index contributed by atoms with van der Waals surface area (Å²) in [5.41, 5.74) is 1.29. The molecule has 0 radical (unpaired) electrons. The minimum atomic E-state index is -0.391. The van der Waals surface area contributed by atoms with Gasteiger partial charge in [-0.05, 0) is 60.4 Å². The molecule has 0 spiro atoms. The molecule has 0 bridgehead atoms. The first-order chi connectivity index (χ1) is 8.97. The fourth-order valence-electron chi connectivity index (χ4n) is 3.03. The predicted octanol–water partition coefficient (Wildman–Crippen LogP) is 4.03. The van der Waals surface area contributed by atoms with Crippen LogP contribution in [0.2, 0.25) is 0 Å². The van der Waals surface area contributed by atoms with Gasteiger partial charge in [0.05, 0.1) is 11.7 Å². The molecule has 2 rings (SSSR count). The number of hydrogen-bond donors (Lipinski definition) is 1. The zero-order chi connectivity index (χ0) is 13.9. The lowest BCUT2D eigenvalue weighted by molar-refractivity contribution is -0.150. The first-order valence-electron chi connectivity index (χ1n) is 7.30. The highest BCUT2D eigenvalue weighted by atomic mass is 32.1. The van der Waals surface area contributed by atoms with Crippen molar-refractivity contribution in [3.63, 3.8) is 0 Å². The third-order valence-electron chi connectivity index (χ3n) is 4.50. The first-order valence-corrected chi connectivity index (χ1v) is 8.25. The van der Waals surface area contributed by atoms with Crippen molar-refractivity contribution in [2.75, 3.05) is 6.61 Å². The summed E-state index contributed by atoms with van der Waals surface area (Å²) in [6.07, 6.45) is 4.53. The maximum absolute atomic E-state index is 10.7. The van der Waals surface area contributed by atoms with Crippen LogP contribution in [-0.4, -0.2) is 23.4 Å². The van der Waals surface area contributed by atoms with Crippen molar-refractivity contribution in [2.24, 2.45) is 5.41 Å². The van der Waals surface area contributed by atoms with Crippen LogP contribution in [0.1, 0.15) is 52.0 Å². The lowest BCUT2D eigenvalue weighted by Gasteiger charge is -2.46. The fourth-order valence-corrected chi connectivity index (χ4v) is 3.71. The molecular formula is C16H26O2S. The van der Waals surface area contributed by atoms with Crippen LogP contribution in [-0.2, 0) is 11.2 Å². The van der Waals surface area contributed by atoms with E-state index in [0.717, 1.165) is 25.7 Å². The quantitative estimate of drug-likeness (QED) is 0.883. The van der Waals surface area contributed by atoms with Crippen molar-refractivity contribution in [1.29, 1.82) is 0 Å². The summed E-state index contributed by atoms with van der Waals surface area (Å²) in [7, 11) is 0. The Balaban J connectivity index is 2.06. The normalized spacial score (nSPS) is 23.2. The van der Waals surface area contributed by atoms with Gasteiger partial charge >= 0.3 is 0 Å². The lowest BCUT2D eigenvalue weighted by Crippen LogP contribution is -2.50. The van der Waals surface area contributed by atoms with Crippen LogP contribution < -0.4 is 0 Å². The Morgan fingerprint density at radius 2 is 2.00 bits per heavy atom. The van der Waals surface area contributed by atoms with Crippen molar-refractivity contribution in [1.82, 2.24) is 0 Å². The van der Waals surface area contributed by atoms with Crippen molar-refractivity contribution < 1.29 is 9.84 Å². The zero-order valence-corrected chi connectivity index (χ0v) is 13.1. The van der Waals surface area contributed by atoms with E-state index >= 15 is 0 Å². The van der Waals surface area contributed by atoms with Crippen LogP contribution in [0.4, 0.5) is 0 Å². The Morgan fingerprint density at radius 1 is 1.32 bits per heavy atom. The van der Waals surface area contributed by atoms with Crippen molar-refractivity contribution in [2.45, 2.75) is 64.6 Å². The predicted molar refractivity (Wildman–Crippen MR) is 80.6 cm³/mol.